The molecule has 0 aliphatic carbocycles. The molecule has 1 aromatic heterocycles. The van der Waals surface area contributed by atoms with E-state index in [1.54, 1.807) is 13.2 Å². The fraction of sp³-hybridized carbons (Fsp3) is 0.400. The smallest absolute Gasteiger partial charge is 0.252 e. The molecule has 0 fully saturated rings. The number of thiophene rings is 1. The van der Waals surface area contributed by atoms with Gasteiger partial charge in [-0.1, -0.05) is 12.1 Å². The molecule has 140 valence electrons. The maximum absolute atomic E-state index is 12.6. The van der Waals surface area contributed by atoms with Crippen molar-refractivity contribution in [2.75, 3.05) is 20.2 Å². The van der Waals surface area contributed by atoms with Crippen LogP contribution in [0, 0.1) is 0 Å². The standard InChI is InChI=1S/C20H26N2O3S/c1-4-22(15(2)16-7-5-8-18(13-16)25-3)19(23)9-6-11-21-20(24)17-10-12-26-14-17/h5,7-8,10,12-15H,4,6,9,11H2,1-3H3,(H,21,24). The summed E-state index contributed by atoms with van der Waals surface area (Å²) >= 11 is 1.49. The Morgan fingerprint density at radius 1 is 1.31 bits per heavy atom. The quantitative estimate of drug-likeness (QED) is 0.678. The van der Waals surface area contributed by atoms with Crippen molar-refractivity contribution in [2.24, 2.45) is 0 Å². The van der Waals surface area contributed by atoms with E-state index < -0.39 is 0 Å². The first-order valence-electron chi connectivity index (χ1n) is 8.80. The van der Waals surface area contributed by atoms with Gasteiger partial charge in [-0.25, -0.2) is 0 Å². The summed E-state index contributed by atoms with van der Waals surface area (Å²) in [6.45, 7) is 5.13. The zero-order valence-corrected chi connectivity index (χ0v) is 16.3. The molecule has 2 aromatic rings. The van der Waals surface area contributed by atoms with E-state index in [1.807, 2.05) is 53.8 Å². The number of hydrogen-bond acceptors (Lipinski definition) is 4. The Morgan fingerprint density at radius 2 is 2.12 bits per heavy atom. The Labute approximate surface area is 159 Å². The number of rotatable bonds is 9. The van der Waals surface area contributed by atoms with Crippen LogP contribution in [0.25, 0.3) is 0 Å². The van der Waals surface area contributed by atoms with Crippen molar-refractivity contribution in [2.45, 2.75) is 32.7 Å². The summed E-state index contributed by atoms with van der Waals surface area (Å²) in [7, 11) is 1.64. The van der Waals surface area contributed by atoms with Crippen molar-refractivity contribution in [3.05, 3.63) is 52.2 Å². The largest absolute Gasteiger partial charge is 0.497 e. The first-order valence-corrected chi connectivity index (χ1v) is 9.75. The van der Waals surface area contributed by atoms with Gasteiger partial charge in [0.05, 0.1) is 13.2 Å². The fourth-order valence-electron chi connectivity index (χ4n) is 2.83. The SMILES string of the molecule is CCN(C(=O)CCCNC(=O)c1ccsc1)C(C)c1cccc(OC)c1. The van der Waals surface area contributed by atoms with Gasteiger partial charge in [-0.3, -0.25) is 9.59 Å². The minimum absolute atomic E-state index is 0.0250. The van der Waals surface area contributed by atoms with Crippen LogP contribution in [0.1, 0.15) is 48.7 Å². The van der Waals surface area contributed by atoms with Gasteiger partial charge in [0, 0.05) is 30.5 Å². The van der Waals surface area contributed by atoms with Gasteiger partial charge in [-0.2, -0.15) is 11.3 Å². The van der Waals surface area contributed by atoms with Gasteiger partial charge in [-0.05, 0) is 49.4 Å². The lowest BCUT2D eigenvalue weighted by atomic mass is 10.1. The topological polar surface area (TPSA) is 58.6 Å². The average molecular weight is 375 g/mol. The van der Waals surface area contributed by atoms with Crippen molar-refractivity contribution < 1.29 is 14.3 Å². The predicted molar refractivity (Wildman–Crippen MR) is 105 cm³/mol. The third kappa shape index (κ3) is 5.33. The number of benzene rings is 1. The van der Waals surface area contributed by atoms with Crippen molar-refractivity contribution in [1.82, 2.24) is 10.2 Å². The Morgan fingerprint density at radius 3 is 2.77 bits per heavy atom. The molecule has 0 saturated heterocycles. The van der Waals surface area contributed by atoms with E-state index in [0.717, 1.165) is 11.3 Å². The van der Waals surface area contributed by atoms with Crippen LogP contribution in [0.5, 0.6) is 5.75 Å². The fourth-order valence-corrected chi connectivity index (χ4v) is 3.46. The van der Waals surface area contributed by atoms with Crippen molar-refractivity contribution in [1.29, 1.82) is 0 Å². The highest BCUT2D eigenvalue weighted by Gasteiger charge is 2.20. The highest BCUT2D eigenvalue weighted by Crippen LogP contribution is 2.24. The van der Waals surface area contributed by atoms with Gasteiger partial charge in [-0.15, -0.1) is 0 Å². The predicted octanol–water partition coefficient (Wildman–Crippen LogP) is 3.88. The van der Waals surface area contributed by atoms with Crippen molar-refractivity contribution in [3.8, 4) is 5.75 Å². The minimum Gasteiger partial charge on any atom is -0.497 e. The second kappa shape index (κ2) is 9.97. The number of hydrogen-bond donors (Lipinski definition) is 1. The summed E-state index contributed by atoms with van der Waals surface area (Å²) in [6, 6.07) is 9.56. The molecule has 1 atom stereocenters. The Balaban J connectivity index is 1.84. The molecule has 1 unspecified atom stereocenters. The molecule has 1 aromatic carbocycles. The monoisotopic (exact) mass is 374 g/mol. The molecule has 6 heteroatoms. The van der Waals surface area contributed by atoms with Crippen molar-refractivity contribution in [3.63, 3.8) is 0 Å². The highest BCUT2D eigenvalue weighted by atomic mass is 32.1. The van der Waals surface area contributed by atoms with Crippen molar-refractivity contribution >= 4 is 23.2 Å². The summed E-state index contributed by atoms with van der Waals surface area (Å²) in [5.74, 6) is 0.789. The van der Waals surface area contributed by atoms with E-state index in [1.165, 1.54) is 11.3 Å². The normalized spacial score (nSPS) is 11.7. The maximum Gasteiger partial charge on any atom is 0.252 e. The zero-order valence-electron chi connectivity index (χ0n) is 15.5. The molecule has 1 heterocycles. The van der Waals surface area contributed by atoms with Gasteiger partial charge < -0.3 is 15.0 Å². The lowest BCUT2D eigenvalue weighted by molar-refractivity contribution is -0.133. The summed E-state index contributed by atoms with van der Waals surface area (Å²) in [6.07, 6.45) is 1.03. The van der Waals surface area contributed by atoms with Crippen LogP contribution in [0.15, 0.2) is 41.1 Å². The first kappa shape index (κ1) is 20.0. The summed E-state index contributed by atoms with van der Waals surface area (Å²) in [5, 5.41) is 6.54. The number of nitrogens with zero attached hydrogens (tertiary/aromatic N) is 1. The van der Waals surface area contributed by atoms with E-state index in [9.17, 15) is 9.59 Å². The Kier molecular flexibility index (Phi) is 7.66. The molecule has 26 heavy (non-hydrogen) atoms. The first-order chi connectivity index (χ1) is 12.6. The van der Waals surface area contributed by atoms with E-state index in [4.69, 9.17) is 4.74 Å². The summed E-state index contributed by atoms with van der Waals surface area (Å²) in [5.41, 5.74) is 1.72. The number of nitrogens with one attached hydrogen (secondary N) is 1. The van der Waals surface area contributed by atoms with Crippen LogP contribution in [-0.4, -0.2) is 36.9 Å². The van der Waals surface area contributed by atoms with E-state index in [0.29, 0.717) is 31.5 Å². The highest BCUT2D eigenvalue weighted by molar-refractivity contribution is 7.08. The average Bonchev–Trinajstić information content (AvgIpc) is 3.20. The van der Waals surface area contributed by atoms with Gasteiger partial charge in [0.2, 0.25) is 5.91 Å². The molecule has 1 N–H and O–H groups in total. The zero-order chi connectivity index (χ0) is 18.9. The Bertz CT molecular complexity index is 716. The van der Waals surface area contributed by atoms with Gasteiger partial charge in [0.25, 0.3) is 5.91 Å². The maximum atomic E-state index is 12.6. The molecule has 2 amide bonds. The molecular weight excluding hydrogens is 348 g/mol. The number of carbonyl (C=O) groups is 2. The van der Waals surface area contributed by atoms with Crippen LogP contribution in [0.3, 0.4) is 0 Å². The molecular formula is C20H26N2O3S. The third-order valence-corrected chi connectivity index (χ3v) is 5.02. The number of methoxy groups -OCH3 is 1. The minimum atomic E-state index is -0.0872. The Hall–Kier alpha value is -2.34. The van der Waals surface area contributed by atoms with E-state index in [-0.39, 0.29) is 17.9 Å². The second-order valence-corrected chi connectivity index (χ2v) is 6.78. The number of carbonyl (C=O) groups excluding carboxylic acids is 2. The van der Waals surface area contributed by atoms with Gasteiger partial charge >= 0.3 is 0 Å². The van der Waals surface area contributed by atoms with Crippen LogP contribution < -0.4 is 10.1 Å². The summed E-state index contributed by atoms with van der Waals surface area (Å²) in [4.78, 5) is 26.3. The molecule has 0 saturated carbocycles. The van der Waals surface area contributed by atoms with Crippen LogP contribution in [0.2, 0.25) is 0 Å². The van der Waals surface area contributed by atoms with Crippen LogP contribution >= 0.6 is 11.3 Å². The molecule has 2 rings (SSSR count). The molecule has 5 nitrogen and oxygen atoms in total. The lowest BCUT2D eigenvalue weighted by Gasteiger charge is -2.29. The van der Waals surface area contributed by atoms with Crippen LogP contribution in [0.4, 0.5) is 0 Å². The molecule has 0 aliphatic rings. The third-order valence-electron chi connectivity index (χ3n) is 4.34. The van der Waals surface area contributed by atoms with Gasteiger partial charge in [0.1, 0.15) is 5.75 Å². The molecule has 0 bridgehead atoms. The molecule has 0 radical (unpaired) electrons. The summed E-state index contributed by atoms with van der Waals surface area (Å²) < 4.78 is 5.27. The number of amides is 2. The molecule has 0 spiro atoms. The van der Waals surface area contributed by atoms with E-state index in [2.05, 4.69) is 5.32 Å². The molecule has 0 aliphatic heterocycles. The lowest BCUT2D eigenvalue weighted by Crippen LogP contribution is -2.34. The number of ether oxygens (including phenoxy) is 1. The van der Waals surface area contributed by atoms with Crippen LogP contribution in [-0.2, 0) is 4.79 Å². The van der Waals surface area contributed by atoms with E-state index >= 15 is 0 Å². The second-order valence-electron chi connectivity index (χ2n) is 6.00. The van der Waals surface area contributed by atoms with Gasteiger partial charge in [0.15, 0.2) is 0 Å².